The molecule has 4 aromatic carbocycles. The zero-order valence-corrected chi connectivity index (χ0v) is 24.2. The number of hydrogen-bond acceptors (Lipinski definition) is 8. The molecule has 0 aliphatic carbocycles. The molecular formula is C31H31N3O6S. The number of thiocarbonyl (C=S) groups is 1. The van der Waals surface area contributed by atoms with Crippen LogP contribution in [0.4, 0.5) is 5.69 Å². The van der Waals surface area contributed by atoms with Crippen molar-refractivity contribution in [3.05, 3.63) is 83.9 Å². The Morgan fingerprint density at radius 2 is 1.49 bits per heavy atom. The molecule has 9 nitrogen and oxygen atoms in total. The summed E-state index contributed by atoms with van der Waals surface area (Å²) in [7, 11) is 7.91. The molecule has 212 valence electrons. The molecule has 1 atom stereocenters. The Kier molecular flexibility index (Phi) is 7.93. The quantitative estimate of drug-likeness (QED) is 0.222. The second-order valence-electron chi connectivity index (χ2n) is 9.14. The van der Waals surface area contributed by atoms with Crippen LogP contribution in [0.1, 0.15) is 17.2 Å². The summed E-state index contributed by atoms with van der Waals surface area (Å²) in [6.45, 7) is 0. The van der Waals surface area contributed by atoms with E-state index in [0.29, 0.717) is 45.1 Å². The molecule has 10 heteroatoms. The van der Waals surface area contributed by atoms with Crippen molar-refractivity contribution in [2.45, 2.75) is 6.04 Å². The first kappa shape index (κ1) is 27.7. The van der Waals surface area contributed by atoms with Crippen molar-refractivity contribution < 1.29 is 28.8 Å². The number of benzene rings is 4. The molecule has 0 saturated heterocycles. The molecule has 3 N–H and O–H groups in total. The molecule has 41 heavy (non-hydrogen) atoms. The van der Waals surface area contributed by atoms with Crippen LogP contribution < -0.4 is 34.4 Å². The van der Waals surface area contributed by atoms with Crippen molar-refractivity contribution in [3.8, 4) is 34.5 Å². The standard InChI is InChI=1S/C31H31N3O6S/c1-36-19-10-12-26(35)23(16-19)24-17-25(21-11-13-27(37-2)22-9-7-6-8-20(21)22)34(33-24)31(41)32-18-14-28(38-3)30(40-5)29(15-18)39-4/h6-17,25,33,35H,1-5H3,(H,32,41). The van der Waals surface area contributed by atoms with Crippen molar-refractivity contribution in [2.24, 2.45) is 0 Å². The van der Waals surface area contributed by atoms with Crippen LogP contribution in [0.3, 0.4) is 0 Å². The van der Waals surface area contributed by atoms with Gasteiger partial charge in [-0.15, -0.1) is 0 Å². The summed E-state index contributed by atoms with van der Waals surface area (Å²) in [4.78, 5) is 0. The lowest BCUT2D eigenvalue weighted by molar-refractivity contribution is 0.324. The fourth-order valence-electron chi connectivity index (χ4n) is 4.95. The Labute approximate surface area is 243 Å². The van der Waals surface area contributed by atoms with Gasteiger partial charge < -0.3 is 34.1 Å². The Morgan fingerprint density at radius 1 is 0.805 bits per heavy atom. The maximum absolute atomic E-state index is 10.8. The van der Waals surface area contributed by atoms with Crippen LogP contribution in [0.2, 0.25) is 0 Å². The first-order valence-corrected chi connectivity index (χ1v) is 13.1. The topological polar surface area (TPSA) is 93.7 Å². The third kappa shape index (κ3) is 5.21. The number of rotatable bonds is 8. The van der Waals surface area contributed by atoms with Crippen molar-refractivity contribution >= 4 is 39.5 Å². The molecular weight excluding hydrogens is 542 g/mol. The normalized spacial score (nSPS) is 14.2. The molecule has 4 aromatic rings. The van der Waals surface area contributed by atoms with Gasteiger partial charge in [0, 0.05) is 28.8 Å². The van der Waals surface area contributed by atoms with Gasteiger partial charge in [-0.3, -0.25) is 10.4 Å². The van der Waals surface area contributed by atoms with Crippen LogP contribution in [0.15, 0.2) is 72.8 Å². The summed E-state index contributed by atoms with van der Waals surface area (Å²) in [5, 5.41) is 18.2. The molecule has 0 radical (unpaired) electrons. The van der Waals surface area contributed by atoms with E-state index in [-0.39, 0.29) is 11.8 Å². The first-order chi connectivity index (χ1) is 19.9. The highest BCUT2D eigenvalue weighted by Gasteiger charge is 2.32. The maximum atomic E-state index is 10.8. The number of aromatic hydroxyl groups is 1. The highest BCUT2D eigenvalue weighted by atomic mass is 32.1. The molecule has 0 saturated carbocycles. The molecule has 1 heterocycles. The number of phenols is 1. The van der Waals surface area contributed by atoms with Gasteiger partial charge >= 0.3 is 0 Å². The van der Waals surface area contributed by atoms with Gasteiger partial charge in [-0.1, -0.05) is 30.3 Å². The van der Waals surface area contributed by atoms with Crippen molar-refractivity contribution in [3.63, 3.8) is 0 Å². The molecule has 0 aromatic heterocycles. The van der Waals surface area contributed by atoms with E-state index < -0.39 is 0 Å². The van der Waals surface area contributed by atoms with E-state index in [1.165, 1.54) is 0 Å². The lowest BCUT2D eigenvalue weighted by Crippen LogP contribution is -2.42. The minimum Gasteiger partial charge on any atom is -0.507 e. The van der Waals surface area contributed by atoms with Gasteiger partial charge in [0.15, 0.2) is 16.6 Å². The number of ether oxygens (including phenoxy) is 5. The summed E-state index contributed by atoms with van der Waals surface area (Å²) >= 11 is 5.94. The number of methoxy groups -OCH3 is 5. The Morgan fingerprint density at radius 3 is 2.12 bits per heavy atom. The first-order valence-electron chi connectivity index (χ1n) is 12.7. The lowest BCUT2D eigenvalue weighted by Gasteiger charge is -2.29. The second-order valence-corrected chi connectivity index (χ2v) is 9.52. The number of nitrogens with zero attached hydrogens (tertiary/aromatic N) is 1. The summed E-state index contributed by atoms with van der Waals surface area (Å²) in [6.07, 6.45) is 2.02. The number of hydrazine groups is 1. The fourth-order valence-corrected chi connectivity index (χ4v) is 5.23. The van der Waals surface area contributed by atoms with Crippen LogP contribution in [0.25, 0.3) is 16.5 Å². The zero-order chi connectivity index (χ0) is 29.1. The van der Waals surface area contributed by atoms with Gasteiger partial charge in [0.2, 0.25) is 5.75 Å². The van der Waals surface area contributed by atoms with Crippen LogP contribution in [-0.4, -0.2) is 50.8 Å². The van der Waals surface area contributed by atoms with E-state index in [9.17, 15) is 5.11 Å². The van der Waals surface area contributed by atoms with Crippen molar-refractivity contribution in [2.75, 3.05) is 40.9 Å². The monoisotopic (exact) mass is 573 g/mol. The van der Waals surface area contributed by atoms with Gasteiger partial charge in [0.25, 0.3) is 0 Å². The molecule has 5 rings (SSSR count). The average molecular weight is 574 g/mol. The molecule has 0 spiro atoms. The van der Waals surface area contributed by atoms with E-state index in [1.807, 2.05) is 41.4 Å². The molecule has 0 fully saturated rings. The molecule has 0 amide bonds. The third-order valence-corrected chi connectivity index (χ3v) is 7.23. The summed E-state index contributed by atoms with van der Waals surface area (Å²) in [6, 6.07) is 20.3. The second kappa shape index (κ2) is 11.7. The SMILES string of the molecule is COc1ccc(O)c(C2=CC(c3ccc(OC)c4ccccc34)N(C(=S)Nc3cc(OC)c(OC)c(OC)c3)N2)c1. The van der Waals surface area contributed by atoms with Crippen LogP contribution in [-0.2, 0) is 0 Å². The van der Waals surface area contributed by atoms with Gasteiger partial charge in [-0.2, -0.15) is 0 Å². The van der Waals surface area contributed by atoms with Crippen molar-refractivity contribution in [1.29, 1.82) is 0 Å². The molecule has 1 aliphatic heterocycles. The average Bonchev–Trinajstić information content (AvgIpc) is 3.45. The lowest BCUT2D eigenvalue weighted by atomic mass is 9.97. The fraction of sp³-hybridized carbons (Fsp3) is 0.194. The molecule has 1 unspecified atom stereocenters. The minimum absolute atomic E-state index is 0.105. The van der Waals surface area contributed by atoms with E-state index in [1.54, 1.807) is 65.9 Å². The molecule has 0 bridgehead atoms. The van der Waals surface area contributed by atoms with Gasteiger partial charge in [-0.25, -0.2) is 0 Å². The predicted octanol–water partition coefficient (Wildman–Crippen LogP) is 5.89. The van der Waals surface area contributed by atoms with Crippen LogP contribution in [0, 0.1) is 0 Å². The number of hydrogen-bond donors (Lipinski definition) is 3. The van der Waals surface area contributed by atoms with Crippen LogP contribution >= 0.6 is 12.2 Å². The van der Waals surface area contributed by atoms with Gasteiger partial charge in [0.05, 0.1) is 47.3 Å². The third-order valence-electron chi connectivity index (χ3n) is 6.93. The Hall–Kier alpha value is -4.83. The number of nitrogens with one attached hydrogen (secondary N) is 2. The Balaban J connectivity index is 1.59. The minimum atomic E-state index is -0.353. The number of phenolic OH excluding ortho intramolecular Hbond substituents is 1. The number of anilines is 1. The number of fused-ring (bicyclic) bond motifs is 1. The molecule has 1 aliphatic rings. The Bertz CT molecular complexity index is 1610. The van der Waals surface area contributed by atoms with E-state index in [2.05, 4.69) is 16.8 Å². The van der Waals surface area contributed by atoms with Crippen molar-refractivity contribution in [1.82, 2.24) is 10.4 Å². The predicted molar refractivity (Wildman–Crippen MR) is 163 cm³/mol. The van der Waals surface area contributed by atoms with E-state index in [0.717, 1.165) is 22.1 Å². The highest BCUT2D eigenvalue weighted by Crippen LogP contribution is 2.42. The largest absolute Gasteiger partial charge is 0.507 e. The van der Waals surface area contributed by atoms with Crippen LogP contribution in [0.5, 0.6) is 34.5 Å². The summed E-state index contributed by atoms with van der Waals surface area (Å²) in [5.74, 6) is 2.95. The maximum Gasteiger partial charge on any atom is 0.203 e. The van der Waals surface area contributed by atoms with Gasteiger partial charge in [0.1, 0.15) is 17.2 Å². The van der Waals surface area contributed by atoms with Gasteiger partial charge in [-0.05, 0) is 53.5 Å². The zero-order valence-electron chi connectivity index (χ0n) is 23.3. The summed E-state index contributed by atoms with van der Waals surface area (Å²) < 4.78 is 27.5. The van der Waals surface area contributed by atoms with E-state index in [4.69, 9.17) is 35.9 Å². The highest BCUT2D eigenvalue weighted by molar-refractivity contribution is 7.80. The summed E-state index contributed by atoms with van der Waals surface area (Å²) in [5.41, 5.74) is 6.27. The smallest absolute Gasteiger partial charge is 0.203 e. The van der Waals surface area contributed by atoms with E-state index >= 15 is 0 Å².